The molecule has 0 heterocycles. The summed E-state index contributed by atoms with van der Waals surface area (Å²) in [4.78, 5) is 14.6. The van der Waals surface area contributed by atoms with Gasteiger partial charge in [-0.15, -0.1) is 0 Å². The normalized spacial score (nSPS) is 13.3. The molecule has 0 unspecified atom stereocenters. The monoisotopic (exact) mass is 185 g/mol. The Morgan fingerprint density at radius 1 is 1.38 bits per heavy atom. The van der Waals surface area contributed by atoms with Crippen molar-refractivity contribution in [2.24, 2.45) is 10.2 Å². The number of rotatable bonds is 5. The van der Waals surface area contributed by atoms with E-state index < -0.39 is 10.5 Å². The molecule has 0 radical (unpaired) electrons. The highest BCUT2D eigenvalue weighted by Crippen LogP contribution is 2.10. The van der Waals surface area contributed by atoms with E-state index in [1.807, 2.05) is 0 Å². The minimum atomic E-state index is -1.52. The second-order valence-corrected chi connectivity index (χ2v) is 2.53. The first-order valence-electron chi connectivity index (χ1n) is 3.23. The molecule has 0 fully saturated rings. The fraction of sp³-hybridized carbons (Fsp3) is 1.00. The molecule has 0 aromatic rings. The first kappa shape index (κ1) is 11.0. The molecule has 0 saturated heterocycles. The van der Waals surface area contributed by atoms with Crippen LogP contribution in [0.3, 0.4) is 0 Å². The van der Waals surface area contributed by atoms with Gasteiger partial charge in [0.1, 0.15) is 0 Å². The van der Waals surface area contributed by atoms with Gasteiger partial charge in [-0.25, -0.2) is 0 Å². The van der Waals surface area contributed by atoms with Crippen molar-refractivity contribution in [1.82, 2.24) is 0 Å². The zero-order valence-electron chi connectivity index (χ0n) is 6.86. The molecule has 0 N–H and O–H groups in total. The van der Waals surface area contributed by atoms with E-state index >= 15 is 0 Å². The van der Waals surface area contributed by atoms with Crippen molar-refractivity contribution in [1.29, 1.82) is 0 Å². The van der Waals surface area contributed by atoms with Gasteiger partial charge in [0.25, 0.3) is 0 Å². The van der Waals surface area contributed by atoms with E-state index in [1.165, 1.54) is 6.92 Å². The van der Waals surface area contributed by atoms with Gasteiger partial charge < -0.3 is 0 Å². The van der Waals surface area contributed by atoms with Crippen LogP contribution in [0.5, 0.6) is 0 Å². The Labute approximate surface area is 72.8 Å². The van der Waals surface area contributed by atoms with Gasteiger partial charge in [0.05, 0.1) is 13.1 Å². The van der Waals surface area contributed by atoms with Crippen molar-refractivity contribution < 1.29 is 4.92 Å². The summed E-state index contributed by atoms with van der Waals surface area (Å²) in [5, 5.41) is 16.6. The summed E-state index contributed by atoms with van der Waals surface area (Å²) in [6, 6.07) is 0. The maximum Gasteiger partial charge on any atom is 0.230 e. The Balaban J connectivity index is 4.60. The largest absolute Gasteiger partial charge is 0.264 e. The molecule has 0 aliphatic heterocycles. The molecule has 0 aliphatic carbocycles. The minimum Gasteiger partial charge on any atom is -0.264 e. The van der Waals surface area contributed by atoms with Crippen LogP contribution in [0.4, 0.5) is 0 Å². The Hall–Kier alpha value is -1.98. The van der Waals surface area contributed by atoms with Gasteiger partial charge >= 0.3 is 0 Å². The molecule has 0 aromatic heterocycles. The van der Waals surface area contributed by atoms with Crippen LogP contribution in [0.2, 0.25) is 0 Å². The quantitative estimate of drug-likeness (QED) is 0.211. The summed E-state index contributed by atoms with van der Waals surface area (Å²) in [5.74, 6) is 0. The van der Waals surface area contributed by atoms with Gasteiger partial charge in [0, 0.05) is 21.7 Å². The first-order chi connectivity index (χ1) is 6.06. The van der Waals surface area contributed by atoms with Crippen LogP contribution in [-0.2, 0) is 0 Å². The van der Waals surface area contributed by atoms with Crippen molar-refractivity contribution in [3.63, 3.8) is 0 Å². The molecule has 9 heteroatoms. The van der Waals surface area contributed by atoms with E-state index in [1.54, 1.807) is 0 Å². The molecule has 0 aliphatic rings. The number of azide groups is 2. The van der Waals surface area contributed by atoms with Gasteiger partial charge in [-0.1, -0.05) is 10.2 Å². The third-order valence-electron chi connectivity index (χ3n) is 1.39. The summed E-state index contributed by atoms with van der Waals surface area (Å²) in [6.45, 7) is 0.571. The number of hydrogen-bond acceptors (Lipinski definition) is 4. The molecular formula is C4H7N7O2. The molecule has 0 saturated carbocycles. The topological polar surface area (TPSA) is 141 Å². The van der Waals surface area contributed by atoms with Crippen molar-refractivity contribution >= 4 is 0 Å². The van der Waals surface area contributed by atoms with E-state index in [0.717, 1.165) is 0 Å². The molecule has 0 rings (SSSR count). The van der Waals surface area contributed by atoms with E-state index in [0.29, 0.717) is 0 Å². The lowest BCUT2D eigenvalue weighted by atomic mass is 10.1. The first-order valence-corrected chi connectivity index (χ1v) is 3.23. The van der Waals surface area contributed by atoms with Crippen LogP contribution >= 0.6 is 0 Å². The third kappa shape index (κ3) is 3.28. The lowest BCUT2D eigenvalue weighted by Crippen LogP contribution is -2.41. The van der Waals surface area contributed by atoms with Crippen LogP contribution in [-0.4, -0.2) is 23.6 Å². The lowest BCUT2D eigenvalue weighted by molar-refractivity contribution is -0.558. The van der Waals surface area contributed by atoms with Gasteiger partial charge in [-0.2, -0.15) is 0 Å². The summed E-state index contributed by atoms with van der Waals surface area (Å²) in [6.07, 6.45) is 0. The summed E-state index contributed by atoms with van der Waals surface area (Å²) in [7, 11) is 0. The van der Waals surface area contributed by atoms with E-state index in [-0.39, 0.29) is 13.1 Å². The number of nitro groups is 1. The maximum atomic E-state index is 10.5. The lowest BCUT2D eigenvalue weighted by Gasteiger charge is -2.15. The molecule has 70 valence electrons. The summed E-state index contributed by atoms with van der Waals surface area (Å²) < 4.78 is 0. The summed E-state index contributed by atoms with van der Waals surface area (Å²) in [5.41, 5.74) is 14.4. The minimum absolute atomic E-state index is 0.338. The molecule has 0 spiro atoms. The average molecular weight is 185 g/mol. The van der Waals surface area contributed by atoms with Crippen LogP contribution in [0.15, 0.2) is 10.2 Å². The molecule has 0 amide bonds. The Kier molecular flexibility index (Phi) is 4.08. The second-order valence-electron chi connectivity index (χ2n) is 2.53. The molecule has 0 atom stereocenters. The zero-order valence-corrected chi connectivity index (χ0v) is 6.86. The van der Waals surface area contributed by atoms with Crippen molar-refractivity contribution in [2.75, 3.05) is 13.1 Å². The van der Waals surface area contributed by atoms with Gasteiger partial charge in [-0.3, -0.25) is 10.1 Å². The molecule has 0 aromatic carbocycles. The fourth-order valence-corrected chi connectivity index (χ4v) is 0.533. The highest BCUT2D eigenvalue weighted by atomic mass is 16.6. The third-order valence-corrected chi connectivity index (χ3v) is 1.39. The smallest absolute Gasteiger partial charge is 0.230 e. The molecule has 9 nitrogen and oxygen atoms in total. The average Bonchev–Trinajstić information content (AvgIpc) is 2.11. The second kappa shape index (κ2) is 4.81. The van der Waals surface area contributed by atoms with Crippen molar-refractivity contribution in [3.05, 3.63) is 31.0 Å². The van der Waals surface area contributed by atoms with Gasteiger partial charge in [0.15, 0.2) is 0 Å². The predicted octanol–water partition coefficient (Wildman–Crippen LogP) is 1.64. The van der Waals surface area contributed by atoms with Crippen molar-refractivity contribution in [2.45, 2.75) is 12.5 Å². The SMILES string of the molecule is CC(CN=[N+]=[N-])(CN=[N+]=[N-])[N+](=O)[O-]. The standard InChI is InChI=1S/C4H7N7O2/c1-4(11(12)13,2-7-9-5)3-8-10-6/h2-3H2,1H3. The molecular weight excluding hydrogens is 178 g/mol. The number of nitrogens with zero attached hydrogens (tertiary/aromatic N) is 7. The Morgan fingerprint density at radius 3 is 2.00 bits per heavy atom. The predicted molar refractivity (Wildman–Crippen MR) is 43.4 cm³/mol. The highest BCUT2D eigenvalue weighted by molar-refractivity contribution is 4.79. The summed E-state index contributed by atoms with van der Waals surface area (Å²) >= 11 is 0. The highest BCUT2D eigenvalue weighted by Gasteiger charge is 2.35. The van der Waals surface area contributed by atoms with Crippen LogP contribution < -0.4 is 0 Å². The van der Waals surface area contributed by atoms with E-state index in [4.69, 9.17) is 11.1 Å². The molecule has 0 bridgehead atoms. The zero-order chi connectivity index (χ0) is 10.3. The Morgan fingerprint density at radius 2 is 1.77 bits per heavy atom. The van der Waals surface area contributed by atoms with Gasteiger partial charge in [0.2, 0.25) is 5.54 Å². The van der Waals surface area contributed by atoms with Crippen LogP contribution in [0.25, 0.3) is 20.9 Å². The fourth-order valence-electron chi connectivity index (χ4n) is 0.533. The van der Waals surface area contributed by atoms with Crippen LogP contribution in [0, 0.1) is 10.1 Å². The van der Waals surface area contributed by atoms with Crippen LogP contribution in [0.1, 0.15) is 6.92 Å². The van der Waals surface area contributed by atoms with Gasteiger partial charge in [-0.05, 0) is 11.1 Å². The number of hydrogen-bond donors (Lipinski definition) is 0. The van der Waals surface area contributed by atoms with E-state index in [9.17, 15) is 10.1 Å². The molecule has 13 heavy (non-hydrogen) atoms. The maximum absolute atomic E-state index is 10.5. The van der Waals surface area contributed by atoms with Crippen molar-refractivity contribution in [3.8, 4) is 0 Å². The van der Waals surface area contributed by atoms with E-state index in [2.05, 4.69) is 20.1 Å². The Bertz CT molecular complexity index is 267.